The minimum absolute atomic E-state index is 0.0507. The molecule has 35 heavy (non-hydrogen) atoms. The first-order valence-electron chi connectivity index (χ1n) is 12.2. The van der Waals surface area contributed by atoms with Gasteiger partial charge in [0.2, 0.25) is 11.8 Å². The monoisotopic (exact) mass is 505 g/mol. The first kappa shape index (κ1) is 30.9. The van der Waals surface area contributed by atoms with Crippen molar-refractivity contribution in [3.63, 3.8) is 0 Å². The zero-order chi connectivity index (χ0) is 27.1. The number of likely N-dealkylation sites (N-methyl/N-ethyl adjacent to an activating group) is 1. The van der Waals surface area contributed by atoms with E-state index >= 15 is 0 Å². The molecule has 0 radical (unpaired) electrons. The molecule has 0 spiro atoms. The van der Waals surface area contributed by atoms with Crippen LogP contribution in [0.15, 0.2) is 11.6 Å². The largest absolute Gasteiger partial charge is 0.463 e. The van der Waals surface area contributed by atoms with Crippen molar-refractivity contribution >= 4 is 17.8 Å². The van der Waals surface area contributed by atoms with Crippen molar-refractivity contribution in [2.45, 2.75) is 92.0 Å². The molecule has 0 aromatic rings. The number of piperidine rings is 1. The Bertz CT molecular complexity index is 775. The van der Waals surface area contributed by atoms with E-state index in [9.17, 15) is 27.6 Å². The molecule has 7 nitrogen and oxygen atoms in total. The number of hydrogen-bond acceptors (Lipinski definition) is 5. The van der Waals surface area contributed by atoms with E-state index in [2.05, 4.69) is 5.32 Å². The summed E-state index contributed by atoms with van der Waals surface area (Å²) in [6, 6.07) is -2.36. The molecule has 2 amide bonds. The summed E-state index contributed by atoms with van der Waals surface area (Å²) >= 11 is 0. The van der Waals surface area contributed by atoms with Crippen molar-refractivity contribution < 1.29 is 32.3 Å². The Morgan fingerprint density at radius 1 is 1.17 bits per heavy atom. The molecule has 1 N–H and O–H groups in total. The Balaban J connectivity index is 3.17. The molecule has 202 valence electrons. The second-order valence-electron chi connectivity index (χ2n) is 10.7. The lowest BCUT2D eigenvalue weighted by Gasteiger charge is -2.40. The number of ether oxygens (including phenoxy) is 1. The smallest absolute Gasteiger partial charge is 0.401 e. The highest BCUT2D eigenvalue weighted by molar-refractivity contribution is 5.91. The normalized spacial score (nSPS) is 19.8. The fourth-order valence-corrected chi connectivity index (χ4v) is 4.27. The molecule has 0 aliphatic carbocycles. The molecule has 10 heteroatoms. The molecule has 0 aromatic heterocycles. The van der Waals surface area contributed by atoms with E-state index in [1.807, 2.05) is 13.8 Å². The van der Waals surface area contributed by atoms with E-state index in [1.165, 1.54) is 4.90 Å². The van der Waals surface area contributed by atoms with Crippen LogP contribution in [0.1, 0.15) is 67.7 Å². The van der Waals surface area contributed by atoms with E-state index in [0.29, 0.717) is 24.8 Å². The zero-order valence-electron chi connectivity index (χ0n) is 22.3. The number of rotatable bonds is 9. The number of esters is 1. The molecule has 1 saturated heterocycles. The van der Waals surface area contributed by atoms with Gasteiger partial charge in [-0.1, -0.05) is 47.1 Å². The number of likely N-dealkylation sites (tertiary alicyclic amines) is 1. The van der Waals surface area contributed by atoms with Gasteiger partial charge in [-0.3, -0.25) is 14.5 Å². The molecule has 0 saturated carbocycles. The van der Waals surface area contributed by atoms with Gasteiger partial charge in [0, 0.05) is 12.6 Å². The Hall–Kier alpha value is -2.10. The van der Waals surface area contributed by atoms with Crippen molar-refractivity contribution in [3.8, 4) is 0 Å². The highest BCUT2D eigenvalue weighted by Crippen LogP contribution is 2.27. The second kappa shape index (κ2) is 12.7. The van der Waals surface area contributed by atoms with Crippen LogP contribution in [-0.2, 0) is 19.1 Å². The summed E-state index contributed by atoms with van der Waals surface area (Å²) in [5, 5.41) is 2.76. The first-order chi connectivity index (χ1) is 16.0. The van der Waals surface area contributed by atoms with Gasteiger partial charge in [-0.05, 0) is 44.6 Å². The second-order valence-corrected chi connectivity index (χ2v) is 10.7. The highest BCUT2D eigenvalue weighted by atomic mass is 19.4. The third-order valence-electron chi connectivity index (χ3n) is 6.19. The van der Waals surface area contributed by atoms with E-state index in [0.717, 1.165) is 4.90 Å². The summed E-state index contributed by atoms with van der Waals surface area (Å²) in [7, 11) is 1.60. The van der Waals surface area contributed by atoms with Gasteiger partial charge in [0.25, 0.3) is 0 Å². The van der Waals surface area contributed by atoms with Crippen LogP contribution < -0.4 is 5.32 Å². The minimum Gasteiger partial charge on any atom is -0.463 e. The van der Waals surface area contributed by atoms with Crippen LogP contribution in [0.2, 0.25) is 0 Å². The van der Waals surface area contributed by atoms with Gasteiger partial charge in [0.1, 0.15) is 6.04 Å². The van der Waals surface area contributed by atoms with Crippen molar-refractivity contribution in [1.29, 1.82) is 0 Å². The summed E-state index contributed by atoms with van der Waals surface area (Å²) in [5.74, 6) is -1.47. The number of nitrogens with zero attached hydrogens (tertiary/aromatic N) is 2. The van der Waals surface area contributed by atoms with Gasteiger partial charge in [-0.25, -0.2) is 4.79 Å². The average molecular weight is 506 g/mol. The molecule has 1 aliphatic heterocycles. The van der Waals surface area contributed by atoms with Gasteiger partial charge in [-0.2, -0.15) is 13.2 Å². The first-order valence-corrected chi connectivity index (χ1v) is 12.2. The summed E-state index contributed by atoms with van der Waals surface area (Å²) in [6.07, 6.45) is -1.20. The fraction of sp³-hybridized carbons (Fsp3) is 0.800. The van der Waals surface area contributed by atoms with Crippen LogP contribution >= 0.6 is 0 Å². The summed E-state index contributed by atoms with van der Waals surface area (Å²) in [5.41, 5.74) is -0.335. The predicted molar refractivity (Wildman–Crippen MR) is 128 cm³/mol. The maximum absolute atomic E-state index is 13.6. The maximum Gasteiger partial charge on any atom is 0.401 e. The lowest BCUT2D eigenvalue weighted by Crippen LogP contribution is -2.60. The van der Waals surface area contributed by atoms with Gasteiger partial charge in [-0.15, -0.1) is 0 Å². The van der Waals surface area contributed by atoms with Crippen LogP contribution in [0.3, 0.4) is 0 Å². The number of nitrogens with one attached hydrogen (secondary N) is 1. The summed E-state index contributed by atoms with van der Waals surface area (Å²) in [4.78, 5) is 41.5. The van der Waals surface area contributed by atoms with E-state index in [-0.39, 0.29) is 25.0 Å². The summed E-state index contributed by atoms with van der Waals surface area (Å²) < 4.78 is 44.2. The Morgan fingerprint density at radius 2 is 1.77 bits per heavy atom. The molecule has 1 fully saturated rings. The van der Waals surface area contributed by atoms with Crippen molar-refractivity contribution in [2.75, 3.05) is 26.7 Å². The number of hydrogen-bond donors (Lipinski definition) is 1. The average Bonchev–Trinajstić information content (AvgIpc) is 2.72. The number of halogens is 3. The number of carbonyl (C=O) groups is 3. The molecular weight excluding hydrogens is 463 g/mol. The lowest BCUT2D eigenvalue weighted by atomic mass is 9.84. The Kier molecular flexibility index (Phi) is 11.3. The highest BCUT2D eigenvalue weighted by Gasteiger charge is 2.41. The molecule has 3 atom stereocenters. The minimum atomic E-state index is -4.41. The quantitative estimate of drug-likeness (QED) is 0.380. The number of carbonyl (C=O) groups excluding carboxylic acids is 3. The lowest BCUT2D eigenvalue weighted by molar-refractivity contribution is -0.159. The van der Waals surface area contributed by atoms with E-state index in [1.54, 1.807) is 47.7 Å². The van der Waals surface area contributed by atoms with Gasteiger partial charge in [0.15, 0.2) is 0 Å². The zero-order valence-corrected chi connectivity index (χ0v) is 22.3. The van der Waals surface area contributed by atoms with E-state index < -0.39 is 48.1 Å². The van der Waals surface area contributed by atoms with Crippen LogP contribution in [0, 0.1) is 11.3 Å². The van der Waals surface area contributed by atoms with Crippen LogP contribution in [-0.4, -0.2) is 78.6 Å². The number of amides is 2. The fourth-order valence-electron chi connectivity index (χ4n) is 4.27. The predicted octanol–water partition coefficient (Wildman–Crippen LogP) is 3.93. The van der Waals surface area contributed by atoms with Gasteiger partial charge >= 0.3 is 12.1 Å². The third-order valence-corrected chi connectivity index (χ3v) is 6.19. The molecular formula is C25H42F3N3O4. The van der Waals surface area contributed by atoms with Gasteiger partial charge < -0.3 is 15.0 Å². The Labute approximate surface area is 207 Å². The Morgan fingerprint density at radius 3 is 2.26 bits per heavy atom. The molecule has 0 bridgehead atoms. The molecule has 1 rings (SSSR count). The van der Waals surface area contributed by atoms with Crippen molar-refractivity contribution in [2.24, 2.45) is 11.3 Å². The topological polar surface area (TPSA) is 79.0 Å². The SMILES string of the molecule is CCOC(=O)/C(C)=C/[C@H](C(C)C)N(C)C(=O)[C@@H](NC(=O)C1CCCCN1CC(F)(F)F)C(C)(C)C. The van der Waals surface area contributed by atoms with Gasteiger partial charge in [0.05, 0.1) is 25.2 Å². The maximum atomic E-state index is 13.6. The van der Waals surface area contributed by atoms with Crippen molar-refractivity contribution in [1.82, 2.24) is 15.1 Å². The van der Waals surface area contributed by atoms with Crippen LogP contribution in [0.5, 0.6) is 0 Å². The van der Waals surface area contributed by atoms with E-state index in [4.69, 9.17) is 4.74 Å². The van der Waals surface area contributed by atoms with Crippen LogP contribution in [0.4, 0.5) is 13.2 Å². The molecule has 0 aromatic carbocycles. The van der Waals surface area contributed by atoms with Crippen LogP contribution in [0.25, 0.3) is 0 Å². The summed E-state index contributed by atoms with van der Waals surface area (Å²) in [6.45, 7) is 11.8. The molecule has 1 unspecified atom stereocenters. The van der Waals surface area contributed by atoms with Crippen molar-refractivity contribution in [3.05, 3.63) is 11.6 Å². The third kappa shape index (κ3) is 9.46. The molecule has 1 aliphatic rings. The standard InChI is InChI=1S/C25H42F3N3O4/c1-9-35-23(34)17(4)14-19(16(2)3)30(8)22(33)20(24(5,6)7)29-21(32)18-12-10-11-13-31(18)15-25(26,27)28/h14,16,18-20H,9-13,15H2,1-8H3,(H,29,32)/b17-14+/t18?,19-,20-/m1/s1. The number of alkyl halides is 3. The molecule has 1 heterocycles.